The van der Waals surface area contributed by atoms with E-state index in [-0.39, 0.29) is 15.9 Å². The second-order valence-electron chi connectivity index (χ2n) is 11.6. The number of hydrogen-bond acceptors (Lipinski definition) is 2. The first kappa shape index (κ1) is 24.9. The van der Waals surface area contributed by atoms with Crippen molar-refractivity contribution in [1.82, 2.24) is 0 Å². The molecule has 0 radical (unpaired) electrons. The zero-order valence-corrected chi connectivity index (χ0v) is 22.9. The third-order valence-electron chi connectivity index (χ3n) is 7.22. The van der Waals surface area contributed by atoms with E-state index in [1.165, 1.54) is 24.0 Å². The fraction of sp³-hybridized carbons (Fsp3) is 0.760. The van der Waals surface area contributed by atoms with Gasteiger partial charge in [-0.25, -0.2) is 0 Å². The summed E-state index contributed by atoms with van der Waals surface area (Å²) >= 11 is 3.76. The fourth-order valence-electron chi connectivity index (χ4n) is 3.79. The van der Waals surface area contributed by atoms with Gasteiger partial charge in [-0.05, 0) is 100 Å². The van der Waals surface area contributed by atoms with Crippen molar-refractivity contribution < 1.29 is 9.16 Å². The molecule has 4 heteroatoms. The van der Waals surface area contributed by atoms with E-state index < -0.39 is 8.32 Å². The lowest BCUT2D eigenvalue weighted by atomic mass is 9.63. The third kappa shape index (κ3) is 6.10. The molecule has 1 aliphatic carbocycles. The van der Waals surface area contributed by atoms with Crippen LogP contribution < -0.4 is 4.74 Å². The van der Waals surface area contributed by atoms with Crippen LogP contribution in [0.2, 0.25) is 18.1 Å². The maximum Gasteiger partial charge on any atom is 0.191 e. The summed E-state index contributed by atoms with van der Waals surface area (Å²) in [6, 6.07) is 4.60. The minimum absolute atomic E-state index is 0.213. The van der Waals surface area contributed by atoms with Gasteiger partial charge in [0.2, 0.25) is 0 Å². The fourth-order valence-corrected chi connectivity index (χ4v) is 5.33. The SMILES string of the molecule is CC1(C)CCC(C)(C)c2cc(OCCCCCO[Si](C)(C)C(C)(C)C)c(Br)cc21. The Morgan fingerprint density at radius 1 is 0.897 bits per heavy atom. The minimum atomic E-state index is -1.61. The van der Waals surface area contributed by atoms with Gasteiger partial charge in [-0.1, -0.05) is 48.5 Å². The second kappa shape index (κ2) is 9.04. The van der Waals surface area contributed by atoms with Crippen molar-refractivity contribution in [2.45, 2.75) is 110 Å². The lowest BCUT2D eigenvalue weighted by Crippen LogP contribution is -2.40. The van der Waals surface area contributed by atoms with Gasteiger partial charge < -0.3 is 9.16 Å². The van der Waals surface area contributed by atoms with E-state index in [9.17, 15) is 0 Å². The highest BCUT2D eigenvalue weighted by atomic mass is 79.9. The summed E-state index contributed by atoms with van der Waals surface area (Å²) in [5.41, 5.74) is 3.37. The Hall–Kier alpha value is -0.323. The molecule has 0 fully saturated rings. The predicted molar refractivity (Wildman–Crippen MR) is 132 cm³/mol. The molecule has 29 heavy (non-hydrogen) atoms. The summed E-state index contributed by atoms with van der Waals surface area (Å²) in [5, 5.41) is 0.289. The Morgan fingerprint density at radius 3 is 1.97 bits per heavy atom. The van der Waals surface area contributed by atoms with Gasteiger partial charge in [0.15, 0.2) is 8.32 Å². The number of rotatable bonds is 8. The van der Waals surface area contributed by atoms with E-state index in [0.717, 1.165) is 42.7 Å². The quantitative estimate of drug-likeness (QED) is 0.273. The standard InChI is InChI=1S/C25H43BrO2Si/c1-23(2,3)29(8,9)28-16-12-10-11-15-27-22-18-20-19(17-21(22)26)24(4,5)13-14-25(20,6)7/h17-18H,10-16H2,1-9H3. The van der Waals surface area contributed by atoms with Crippen LogP contribution in [0.3, 0.4) is 0 Å². The van der Waals surface area contributed by atoms with E-state index in [0.29, 0.717) is 0 Å². The predicted octanol–water partition coefficient (Wildman–Crippen LogP) is 8.37. The van der Waals surface area contributed by atoms with Crippen LogP contribution in [-0.2, 0) is 15.3 Å². The molecule has 0 spiro atoms. The van der Waals surface area contributed by atoms with Crippen molar-refractivity contribution in [2.75, 3.05) is 13.2 Å². The molecule has 0 amide bonds. The van der Waals surface area contributed by atoms with Crippen molar-refractivity contribution in [1.29, 1.82) is 0 Å². The van der Waals surface area contributed by atoms with Crippen LogP contribution in [0, 0.1) is 0 Å². The maximum atomic E-state index is 6.27. The average molecular weight is 484 g/mol. The lowest BCUT2D eigenvalue weighted by molar-refractivity contribution is 0.262. The summed E-state index contributed by atoms with van der Waals surface area (Å²) in [5.74, 6) is 0.993. The summed E-state index contributed by atoms with van der Waals surface area (Å²) in [6.07, 6.45) is 5.79. The molecule has 0 heterocycles. The number of hydrogen-bond donors (Lipinski definition) is 0. The van der Waals surface area contributed by atoms with E-state index in [2.05, 4.69) is 89.6 Å². The van der Waals surface area contributed by atoms with Crippen LogP contribution in [0.25, 0.3) is 0 Å². The first-order chi connectivity index (χ1) is 13.2. The average Bonchev–Trinajstić information content (AvgIpc) is 2.58. The number of unbranched alkanes of at least 4 members (excludes halogenated alkanes) is 2. The Kier molecular flexibility index (Phi) is 7.78. The Labute approximate surface area is 189 Å². The van der Waals surface area contributed by atoms with Gasteiger partial charge in [0.1, 0.15) is 5.75 Å². The van der Waals surface area contributed by atoms with E-state index >= 15 is 0 Å². The summed E-state index contributed by atoms with van der Waals surface area (Å²) < 4.78 is 13.5. The Bertz CT molecular complexity index is 702. The molecule has 1 aromatic rings. The largest absolute Gasteiger partial charge is 0.492 e. The van der Waals surface area contributed by atoms with Crippen molar-refractivity contribution >= 4 is 24.2 Å². The van der Waals surface area contributed by atoms with Crippen LogP contribution in [0.5, 0.6) is 5.75 Å². The molecular weight excluding hydrogens is 440 g/mol. The molecule has 0 atom stereocenters. The molecule has 0 saturated carbocycles. The van der Waals surface area contributed by atoms with Gasteiger partial charge in [-0.2, -0.15) is 0 Å². The lowest BCUT2D eigenvalue weighted by Gasteiger charge is -2.42. The van der Waals surface area contributed by atoms with Gasteiger partial charge in [0.25, 0.3) is 0 Å². The molecule has 2 nitrogen and oxygen atoms in total. The topological polar surface area (TPSA) is 18.5 Å². The second-order valence-corrected chi connectivity index (χ2v) is 17.3. The summed E-state index contributed by atoms with van der Waals surface area (Å²) in [4.78, 5) is 0. The van der Waals surface area contributed by atoms with Crippen LogP contribution in [0.1, 0.15) is 91.7 Å². The zero-order chi connectivity index (χ0) is 22.1. The summed E-state index contributed by atoms with van der Waals surface area (Å²) in [6.45, 7) is 22.6. The molecule has 0 N–H and O–H groups in total. The number of ether oxygens (including phenoxy) is 1. The van der Waals surface area contributed by atoms with Crippen LogP contribution in [0.15, 0.2) is 16.6 Å². The van der Waals surface area contributed by atoms with E-state index in [1.54, 1.807) is 0 Å². The molecule has 0 aliphatic heterocycles. The highest BCUT2D eigenvalue weighted by Gasteiger charge is 2.38. The molecule has 166 valence electrons. The molecule has 2 rings (SSSR count). The minimum Gasteiger partial charge on any atom is -0.492 e. The van der Waals surface area contributed by atoms with Gasteiger partial charge in [-0.15, -0.1) is 0 Å². The van der Waals surface area contributed by atoms with E-state index in [4.69, 9.17) is 9.16 Å². The normalized spacial score (nSPS) is 18.4. The molecule has 0 saturated heterocycles. The van der Waals surface area contributed by atoms with Gasteiger partial charge in [0, 0.05) is 6.61 Å². The maximum absolute atomic E-state index is 6.27. The molecule has 0 aromatic heterocycles. The first-order valence-electron chi connectivity index (χ1n) is 11.3. The summed E-state index contributed by atoms with van der Waals surface area (Å²) in [7, 11) is -1.61. The molecule has 0 bridgehead atoms. The highest BCUT2D eigenvalue weighted by molar-refractivity contribution is 9.10. The third-order valence-corrected chi connectivity index (χ3v) is 12.4. The number of fused-ring (bicyclic) bond motifs is 1. The number of halogens is 1. The van der Waals surface area contributed by atoms with Gasteiger partial charge >= 0.3 is 0 Å². The molecule has 1 aliphatic rings. The zero-order valence-electron chi connectivity index (χ0n) is 20.3. The van der Waals surface area contributed by atoms with Crippen LogP contribution in [-0.4, -0.2) is 21.5 Å². The van der Waals surface area contributed by atoms with Crippen LogP contribution >= 0.6 is 15.9 Å². The Morgan fingerprint density at radius 2 is 1.41 bits per heavy atom. The van der Waals surface area contributed by atoms with E-state index in [1.807, 2.05) is 0 Å². The monoisotopic (exact) mass is 482 g/mol. The van der Waals surface area contributed by atoms with Crippen LogP contribution in [0.4, 0.5) is 0 Å². The molecule has 1 aromatic carbocycles. The van der Waals surface area contributed by atoms with Crippen molar-refractivity contribution in [2.24, 2.45) is 0 Å². The smallest absolute Gasteiger partial charge is 0.191 e. The molecular formula is C25H43BrO2Si. The number of benzene rings is 1. The highest BCUT2D eigenvalue weighted by Crippen LogP contribution is 2.48. The van der Waals surface area contributed by atoms with Crippen molar-refractivity contribution in [3.05, 3.63) is 27.7 Å². The Balaban J connectivity index is 1.86. The van der Waals surface area contributed by atoms with Crippen molar-refractivity contribution in [3.63, 3.8) is 0 Å². The van der Waals surface area contributed by atoms with Gasteiger partial charge in [-0.3, -0.25) is 0 Å². The van der Waals surface area contributed by atoms with Gasteiger partial charge in [0.05, 0.1) is 11.1 Å². The molecule has 0 unspecified atom stereocenters. The first-order valence-corrected chi connectivity index (χ1v) is 15.0. The van der Waals surface area contributed by atoms with Crippen molar-refractivity contribution in [3.8, 4) is 5.75 Å².